The van der Waals surface area contributed by atoms with Crippen molar-refractivity contribution in [3.05, 3.63) is 104 Å². The highest BCUT2D eigenvalue weighted by Gasteiger charge is 2.34. The van der Waals surface area contributed by atoms with E-state index in [4.69, 9.17) is 0 Å². The van der Waals surface area contributed by atoms with Crippen LogP contribution in [-0.4, -0.2) is 54.9 Å². The Labute approximate surface area is 248 Å². The van der Waals surface area contributed by atoms with Crippen LogP contribution in [0.4, 0.5) is 11.4 Å². The lowest BCUT2D eigenvalue weighted by molar-refractivity contribution is -0.384. The fourth-order valence-corrected chi connectivity index (χ4v) is 5.46. The molecule has 41 heavy (non-hydrogen) atoms. The van der Waals surface area contributed by atoms with Crippen molar-refractivity contribution >= 4 is 49.1 Å². The number of hydrogen-bond donors (Lipinski definition) is 1. The minimum absolute atomic E-state index is 0.0184. The number of carbonyl (C=O) groups excluding carboxylic acids is 2. The highest BCUT2D eigenvalue weighted by Crippen LogP contribution is 2.28. The Bertz CT molecular complexity index is 1500. The number of non-ortho nitro benzene ring substituents is 1. The molecule has 0 saturated heterocycles. The van der Waals surface area contributed by atoms with Gasteiger partial charge in [0, 0.05) is 35.6 Å². The highest BCUT2D eigenvalue weighted by atomic mass is 79.9. The monoisotopic (exact) mass is 644 g/mol. The molecule has 1 N–H and O–H groups in total. The fraction of sp³-hybridized carbons (Fsp3) is 0.310. The van der Waals surface area contributed by atoms with Gasteiger partial charge in [-0.1, -0.05) is 64.5 Å². The normalized spacial score (nSPS) is 12.0. The fourth-order valence-electron chi connectivity index (χ4n) is 4.30. The van der Waals surface area contributed by atoms with Crippen LogP contribution < -0.4 is 9.62 Å². The number of benzene rings is 3. The van der Waals surface area contributed by atoms with Crippen LogP contribution in [0.1, 0.15) is 30.5 Å². The molecule has 3 rings (SSSR count). The zero-order valence-electron chi connectivity index (χ0n) is 23.3. The molecule has 0 aliphatic carbocycles. The quantitative estimate of drug-likeness (QED) is 0.227. The van der Waals surface area contributed by atoms with Crippen molar-refractivity contribution in [3.8, 4) is 0 Å². The van der Waals surface area contributed by atoms with Gasteiger partial charge in [-0.2, -0.15) is 0 Å². The van der Waals surface area contributed by atoms with E-state index in [1.807, 2.05) is 68.4 Å². The molecule has 2 amide bonds. The molecule has 218 valence electrons. The van der Waals surface area contributed by atoms with E-state index < -0.39 is 33.4 Å². The summed E-state index contributed by atoms with van der Waals surface area (Å²) >= 11 is 3.40. The number of nitro benzene ring substituents is 1. The van der Waals surface area contributed by atoms with Gasteiger partial charge in [0.1, 0.15) is 12.6 Å². The maximum atomic E-state index is 14.1. The topological polar surface area (TPSA) is 130 Å². The zero-order valence-corrected chi connectivity index (χ0v) is 25.7. The molecule has 0 fully saturated rings. The van der Waals surface area contributed by atoms with Crippen LogP contribution in [0, 0.1) is 17.0 Å². The number of rotatable bonds is 12. The minimum Gasteiger partial charge on any atom is -0.352 e. The molecule has 10 nitrogen and oxygen atoms in total. The molecule has 3 aromatic carbocycles. The third-order valence-electron chi connectivity index (χ3n) is 6.32. The van der Waals surface area contributed by atoms with Crippen LogP contribution in [0.15, 0.2) is 77.3 Å². The second-order valence-corrected chi connectivity index (χ2v) is 12.8. The van der Waals surface area contributed by atoms with E-state index >= 15 is 0 Å². The molecule has 0 radical (unpaired) electrons. The molecule has 0 saturated carbocycles. The van der Waals surface area contributed by atoms with Crippen LogP contribution in [0.2, 0.25) is 0 Å². The average molecular weight is 646 g/mol. The van der Waals surface area contributed by atoms with Crippen LogP contribution in [0.25, 0.3) is 0 Å². The van der Waals surface area contributed by atoms with Crippen molar-refractivity contribution in [1.82, 2.24) is 10.2 Å². The van der Waals surface area contributed by atoms with E-state index in [0.717, 1.165) is 32.2 Å². The van der Waals surface area contributed by atoms with Gasteiger partial charge in [-0.3, -0.25) is 24.0 Å². The number of halogens is 1. The van der Waals surface area contributed by atoms with Gasteiger partial charge < -0.3 is 10.2 Å². The molecule has 0 unspecified atom stereocenters. The Morgan fingerprint density at radius 2 is 1.63 bits per heavy atom. The van der Waals surface area contributed by atoms with Gasteiger partial charge >= 0.3 is 0 Å². The van der Waals surface area contributed by atoms with E-state index in [1.54, 1.807) is 6.92 Å². The number of carbonyl (C=O) groups is 2. The number of amides is 2. The first-order chi connectivity index (χ1) is 19.3. The van der Waals surface area contributed by atoms with E-state index in [9.17, 15) is 28.1 Å². The highest BCUT2D eigenvalue weighted by molar-refractivity contribution is 9.10. The molecule has 3 aromatic rings. The van der Waals surface area contributed by atoms with Gasteiger partial charge in [0.05, 0.1) is 16.9 Å². The third-order valence-corrected chi connectivity index (χ3v) is 7.97. The summed E-state index contributed by atoms with van der Waals surface area (Å²) in [4.78, 5) is 39.8. The van der Waals surface area contributed by atoms with Gasteiger partial charge in [0.25, 0.3) is 5.69 Å². The van der Waals surface area contributed by atoms with Gasteiger partial charge in [-0.15, -0.1) is 0 Å². The van der Waals surface area contributed by atoms with Gasteiger partial charge in [-0.05, 0) is 49.6 Å². The Kier molecular flexibility index (Phi) is 10.6. The summed E-state index contributed by atoms with van der Waals surface area (Å²) < 4.78 is 27.6. The van der Waals surface area contributed by atoms with Crippen molar-refractivity contribution in [2.24, 2.45) is 0 Å². The standard InChI is InChI=1S/C29H33BrN4O6S/c1-20(2)31-29(36)27(16-22-8-6-5-7-9-22)32(18-23-11-13-24(30)14-12-23)28(35)19-33(41(4,39)40)26-17-25(34(37)38)15-10-21(26)3/h5-15,17,20,27H,16,18-19H2,1-4H3,(H,31,36)/t27-/m1/s1. The van der Waals surface area contributed by atoms with Crippen molar-refractivity contribution in [1.29, 1.82) is 0 Å². The van der Waals surface area contributed by atoms with Crippen molar-refractivity contribution in [2.45, 2.75) is 45.8 Å². The molecule has 12 heteroatoms. The number of nitrogens with zero attached hydrogens (tertiary/aromatic N) is 3. The maximum absolute atomic E-state index is 14.1. The lowest BCUT2D eigenvalue weighted by Gasteiger charge is -2.34. The summed E-state index contributed by atoms with van der Waals surface area (Å²) in [6.45, 7) is 4.61. The Balaban J connectivity index is 2.10. The maximum Gasteiger partial charge on any atom is 0.271 e. The average Bonchev–Trinajstić information content (AvgIpc) is 2.90. The number of anilines is 1. The number of hydrogen-bond acceptors (Lipinski definition) is 6. The van der Waals surface area contributed by atoms with Crippen LogP contribution >= 0.6 is 15.9 Å². The summed E-state index contributed by atoms with van der Waals surface area (Å²) in [7, 11) is -4.06. The first kappa shape index (κ1) is 31.8. The number of nitrogens with one attached hydrogen (secondary N) is 1. The third kappa shape index (κ3) is 8.86. The summed E-state index contributed by atoms with van der Waals surface area (Å²) in [6.07, 6.45) is 1.13. The Hall–Kier alpha value is -3.77. The SMILES string of the molecule is Cc1ccc([N+](=O)[O-])cc1N(CC(=O)N(Cc1ccc(Br)cc1)[C@H](Cc1ccccc1)C(=O)NC(C)C)S(C)(=O)=O. The molecular weight excluding hydrogens is 612 g/mol. The predicted molar refractivity (Wildman–Crippen MR) is 162 cm³/mol. The summed E-state index contributed by atoms with van der Waals surface area (Å²) in [5.74, 6) is -1.02. The van der Waals surface area contributed by atoms with E-state index in [2.05, 4.69) is 21.2 Å². The van der Waals surface area contributed by atoms with E-state index in [-0.39, 0.29) is 36.3 Å². The molecule has 0 aromatic heterocycles. The first-order valence-corrected chi connectivity index (χ1v) is 15.5. The minimum atomic E-state index is -4.06. The zero-order chi connectivity index (χ0) is 30.3. The molecule has 0 aliphatic rings. The van der Waals surface area contributed by atoms with Gasteiger partial charge in [0.15, 0.2) is 0 Å². The first-order valence-electron chi connectivity index (χ1n) is 12.9. The molecule has 0 heterocycles. The molecule has 1 atom stereocenters. The number of nitro groups is 1. The summed E-state index contributed by atoms with van der Waals surface area (Å²) in [6, 6.07) is 19.1. The number of aryl methyl sites for hydroxylation is 1. The molecule has 0 bridgehead atoms. The summed E-state index contributed by atoms with van der Waals surface area (Å²) in [5.41, 5.74) is 1.70. The summed E-state index contributed by atoms with van der Waals surface area (Å²) in [5, 5.41) is 14.3. The van der Waals surface area contributed by atoms with E-state index in [0.29, 0.717) is 5.56 Å². The van der Waals surface area contributed by atoms with E-state index in [1.165, 1.54) is 17.0 Å². The van der Waals surface area contributed by atoms with Gasteiger partial charge in [0.2, 0.25) is 21.8 Å². The van der Waals surface area contributed by atoms with Crippen LogP contribution in [-0.2, 0) is 32.6 Å². The molecule has 0 aliphatic heterocycles. The smallest absolute Gasteiger partial charge is 0.271 e. The van der Waals surface area contributed by atoms with Crippen molar-refractivity contribution < 1.29 is 22.9 Å². The molecule has 0 spiro atoms. The van der Waals surface area contributed by atoms with Crippen LogP contribution in [0.3, 0.4) is 0 Å². The second-order valence-electron chi connectivity index (χ2n) is 10.0. The van der Waals surface area contributed by atoms with Crippen molar-refractivity contribution in [2.75, 3.05) is 17.1 Å². The van der Waals surface area contributed by atoms with Gasteiger partial charge in [-0.25, -0.2) is 8.42 Å². The predicted octanol–water partition coefficient (Wildman–Crippen LogP) is 4.60. The Morgan fingerprint density at radius 3 is 2.20 bits per heavy atom. The number of sulfonamides is 1. The van der Waals surface area contributed by atoms with Crippen molar-refractivity contribution in [3.63, 3.8) is 0 Å². The lowest BCUT2D eigenvalue weighted by Crippen LogP contribution is -2.54. The molecular formula is C29H33BrN4O6S. The largest absolute Gasteiger partial charge is 0.352 e. The van der Waals surface area contributed by atoms with Crippen LogP contribution in [0.5, 0.6) is 0 Å². The lowest BCUT2D eigenvalue weighted by atomic mass is 10.0. The Morgan fingerprint density at radius 1 is 1.00 bits per heavy atom. The second kappa shape index (κ2) is 13.7.